The van der Waals surface area contributed by atoms with Crippen molar-refractivity contribution in [1.29, 1.82) is 0 Å². The van der Waals surface area contributed by atoms with Crippen LogP contribution in [0.4, 0.5) is 11.8 Å². The Hall–Kier alpha value is -3.22. The molecule has 4 unspecified atom stereocenters. The molecule has 0 bridgehead atoms. The molecule has 3 aromatic heterocycles. The van der Waals surface area contributed by atoms with E-state index >= 15 is 0 Å². The van der Waals surface area contributed by atoms with E-state index in [2.05, 4.69) is 30.6 Å². The third kappa shape index (κ3) is 4.75. The van der Waals surface area contributed by atoms with Gasteiger partial charge in [0.2, 0.25) is 5.95 Å². The Morgan fingerprint density at radius 1 is 1.17 bits per heavy atom. The van der Waals surface area contributed by atoms with E-state index in [4.69, 9.17) is 0 Å². The lowest BCUT2D eigenvalue weighted by atomic mass is 10.0. The molecule has 1 fully saturated rings. The van der Waals surface area contributed by atoms with Crippen LogP contribution in [-0.4, -0.2) is 65.3 Å². The average Bonchev–Trinajstić information content (AvgIpc) is 3.43. The van der Waals surface area contributed by atoms with Crippen LogP contribution in [0.15, 0.2) is 48.8 Å². The fraction of sp³-hybridized carbons (Fsp3) is 0.360. The third-order valence-electron chi connectivity index (χ3n) is 6.53. The van der Waals surface area contributed by atoms with Gasteiger partial charge in [-0.3, -0.25) is 4.98 Å². The van der Waals surface area contributed by atoms with E-state index in [1.54, 1.807) is 12.4 Å². The van der Waals surface area contributed by atoms with Crippen molar-refractivity contribution in [1.82, 2.24) is 19.9 Å². The minimum atomic E-state index is -1.68. The molecule has 1 aliphatic carbocycles. The van der Waals surface area contributed by atoms with Crippen molar-refractivity contribution in [2.24, 2.45) is 5.92 Å². The number of thiazole rings is 1. The number of benzene rings is 1. The van der Waals surface area contributed by atoms with E-state index in [-0.39, 0.29) is 25.5 Å². The van der Waals surface area contributed by atoms with Gasteiger partial charge < -0.3 is 31.1 Å². The summed E-state index contributed by atoms with van der Waals surface area (Å²) in [5.41, 5.74) is 1.01. The molecule has 188 valence electrons. The number of aliphatic hydroxyl groups excluding tert-OH is 3. The van der Waals surface area contributed by atoms with Crippen LogP contribution in [0.25, 0.3) is 20.8 Å². The third-order valence-corrected chi connectivity index (χ3v) is 7.59. The largest absolute Gasteiger partial charge is 0.396 e. The number of fused-ring (bicyclic) bond motifs is 1. The summed E-state index contributed by atoms with van der Waals surface area (Å²) in [4.78, 5) is 18.0. The standard InChI is InChI=1S/C25H28N6O4S/c1-14-20(23-29-17-11-26-10-8-19(17)36-23)22(31-25(35)9-7-16(13-32)21(25)34)30-24(28-14)27-12-18(33)15-5-3-2-4-6-15/h2-6,8,10-11,16,18,21,32-35H,7,9,12-13H2,1H3,(H2,27,28,30,31). The lowest BCUT2D eigenvalue weighted by molar-refractivity contribution is -0.0545. The first-order valence-electron chi connectivity index (χ1n) is 11.7. The predicted octanol–water partition coefficient (Wildman–Crippen LogP) is 2.47. The Kier molecular flexibility index (Phi) is 6.82. The molecule has 1 aromatic carbocycles. The summed E-state index contributed by atoms with van der Waals surface area (Å²) < 4.78 is 0.943. The van der Waals surface area contributed by atoms with Crippen LogP contribution in [0.2, 0.25) is 0 Å². The molecule has 1 saturated carbocycles. The van der Waals surface area contributed by atoms with Gasteiger partial charge in [-0.1, -0.05) is 30.3 Å². The van der Waals surface area contributed by atoms with E-state index in [1.165, 1.54) is 11.3 Å². The first-order chi connectivity index (χ1) is 17.4. The fourth-order valence-corrected chi connectivity index (χ4v) is 5.53. The van der Waals surface area contributed by atoms with Crippen LogP contribution in [-0.2, 0) is 0 Å². The van der Waals surface area contributed by atoms with Gasteiger partial charge in [-0.25, -0.2) is 9.97 Å². The Morgan fingerprint density at radius 2 is 1.97 bits per heavy atom. The smallest absolute Gasteiger partial charge is 0.225 e. The number of aliphatic hydroxyl groups is 4. The Bertz CT molecular complexity index is 1320. The van der Waals surface area contributed by atoms with Gasteiger partial charge in [0, 0.05) is 25.3 Å². The van der Waals surface area contributed by atoms with Crippen molar-refractivity contribution in [3.8, 4) is 10.6 Å². The van der Waals surface area contributed by atoms with Crippen LogP contribution in [0, 0.1) is 12.8 Å². The number of pyridine rings is 1. The maximum absolute atomic E-state index is 11.3. The first kappa shape index (κ1) is 24.5. The van der Waals surface area contributed by atoms with Gasteiger partial charge in [0.15, 0.2) is 5.72 Å². The van der Waals surface area contributed by atoms with Gasteiger partial charge in [0.05, 0.1) is 28.3 Å². The summed E-state index contributed by atoms with van der Waals surface area (Å²) in [7, 11) is 0. The van der Waals surface area contributed by atoms with Gasteiger partial charge >= 0.3 is 0 Å². The topological polar surface area (TPSA) is 157 Å². The van der Waals surface area contributed by atoms with Crippen LogP contribution in [0.3, 0.4) is 0 Å². The number of nitrogens with zero attached hydrogens (tertiary/aromatic N) is 4. The monoisotopic (exact) mass is 508 g/mol. The molecule has 5 rings (SSSR count). The molecule has 36 heavy (non-hydrogen) atoms. The maximum Gasteiger partial charge on any atom is 0.225 e. The van der Waals surface area contributed by atoms with Crippen molar-refractivity contribution in [3.63, 3.8) is 0 Å². The van der Waals surface area contributed by atoms with Crippen molar-refractivity contribution in [3.05, 3.63) is 60.0 Å². The lowest BCUT2D eigenvalue weighted by Crippen LogP contribution is -2.48. The zero-order chi connectivity index (χ0) is 25.3. The van der Waals surface area contributed by atoms with E-state index in [0.717, 1.165) is 15.8 Å². The van der Waals surface area contributed by atoms with Crippen molar-refractivity contribution in [2.75, 3.05) is 23.8 Å². The molecule has 0 amide bonds. The van der Waals surface area contributed by atoms with E-state index in [9.17, 15) is 20.4 Å². The second-order valence-corrected chi connectivity index (χ2v) is 10.0. The Balaban J connectivity index is 1.50. The highest BCUT2D eigenvalue weighted by Gasteiger charge is 2.47. The number of aryl methyl sites for hydroxylation is 1. The molecule has 10 nitrogen and oxygen atoms in total. The highest BCUT2D eigenvalue weighted by Crippen LogP contribution is 2.40. The second-order valence-electron chi connectivity index (χ2n) is 9.00. The maximum atomic E-state index is 11.3. The molecular weight excluding hydrogens is 480 g/mol. The average molecular weight is 509 g/mol. The summed E-state index contributed by atoms with van der Waals surface area (Å²) in [5.74, 6) is 0.110. The minimum Gasteiger partial charge on any atom is -0.396 e. The fourth-order valence-electron chi connectivity index (χ4n) is 4.50. The summed E-state index contributed by atoms with van der Waals surface area (Å²) in [5, 5.41) is 48.8. The van der Waals surface area contributed by atoms with Crippen LogP contribution >= 0.6 is 11.3 Å². The molecule has 0 radical (unpaired) electrons. The quantitative estimate of drug-likeness (QED) is 0.195. The number of aromatic nitrogens is 4. The van der Waals surface area contributed by atoms with Crippen LogP contribution < -0.4 is 10.6 Å². The normalized spacial score (nSPS) is 22.6. The van der Waals surface area contributed by atoms with E-state index in [1.807, 2.05) is 43.3 Å². The van der Waals surface area contributed by atoms with E-state index < -0.39 is 23.9 Å². The van der Waals surface area contributed by atoms with E-state index in [0.29, 0.717) is 28.5 Å². The molecule has 3 heterocycles. The molecule has 4 atom stereocenters. The highest BCUT2D eigenvalue weighted by molar-refractivity contribution is 7.21. The van der Waals surface area contributed by atoms with Crippen molar-refractivity contribution in [2.45, 2.75) is 37.7 Å². The van der Waals surface area contributed by atoms with Gasteiger partial charge in [0.25, 0.3) is 0 Å². The molecular formula is C25H28N6O4S. The van der Waals surface area contributed by atoms with Crippen molar-refractivity contribution >= 4 is 33.3 Å². The molecule has 0 spiro atoms. The number of anilines is 2. The molecule has 4 aromatic rings. The number of nitrogens with one attached hydrogen (secondary N) is 2. The molecule has 11 heteroatoms. The molecule has 0 aliphatic heterocycles. The summed E-state index contributed by atoms with van der Waals surface area (Å²) in [6, 6.07) is 11.2. The summed E-state index contributed by atoms with van der Waals surface area (Å²) >= 11 is 1.45. The molecule has 1 aliphatic rings. The van der Waals surface area contributed by atoms with Gasteiger partial charge in [-0.2, -0.15) is 4.98 Å². The van der Waals surface area contributed by atoms with Crippen LogP contribution in [0.1, 0.15) is 30.2 Å². The van der Waals surface area contributed by atoms with Gasteiger partial charge in [-0.15, -0.1) is 11.3 Å². The number of hydrogen-bond donors (Lipinski definition) is 6. The van der Waals surface area contributed by atoms with Crippen molar-refractivity contribution < 1.29 is 20.4 Å². The number of rotatable bonds is 8. The molecule has 6 N–H and O–H groups in total. The molecule has 0 saturated heterocycles. The lowest BCUT2D eigenvalue weighted by Gasteiger charge is -2.31. The Morgan fingerprint density at radius 3 is 2.69 bits per heavy atom. The first-order valence-corrected chi connectivity index (χ1v) is 12.6. The highest BCUT2D eigenvalue weighted by atomic mass is 32.1. The van der Waals surface area contributed by atoms with Crippen LogP contribution in [0.5, 0.6) is 0 Å². The number of hydrogen-bond acceptors (Lipinski definition) is 11. The summed E-state index contributed by atoms with van der Waals surface area (Å²) in [6.45, 7) is 1.77. The predicted molar refractivity (Wildman–Crippen MR) is 137 cm³/mol. The Labute approximate surface area is 211 Å². The SMILES string of the molecule is Cc1nc(NCC(O)c2ccccc2)nc(NC2(O)CCC(CO)C2O)c1-c1nc2cnccc2s1. The minimum absolute atomic E-state index is 0.175. The second kappa shape index (κ2) is 10.0. The zero-order valence-corrected chi connectivity index (χ0v) is 20.5. The van der Waals surface area contributed by atoms with Gasteiger partial charge in [-0.05, 0) is 31.4 Å². The van der Waals surface area contributed by atoms with Gasteiger partial charge in [0.1, 0.15) is 22.4 Å². The zero-order valence-electron chi connectivity index (χ0n) is 19.7. The summed E-state index contributed by atoms with van der Waals surface area (Å²) in [6.07, 6.45) is 2.13.